The van der Waals surface area contributed by atoms with Gasteiger partial charge in [0.1, 0.15) is 0 Å². The van der Waals surface area contributed by atoms with Crippen LogP contribution in [0, 0.1) is 6.92 Å². The number of anilines is 2. The summed E-state index contributed by atoms with van der Waals surface area (Å²) in [6.45, 7) is 4.66. The summed E-state index contributed by atoms with van der Waals surface area (Å²) in [6.07, 6.45) is 0.871. The second kappa shape index (κ2) is 6.76. The summed E-state index contributed by atoms with van der Waals surface area (Å²) in [6, 6.07) is 13.1. The molecular formula is C17H19BrN2O. The third-order valence-corrected chi connectivity index (χ3v) is 4.21. The summed E-state index contributed by atoms with van der Waals surface area (Å²) in [7, 11) is 0. The molecule has 0 unspecified atom stereocenters. The smallest absolute Gasteiger partial charge is 0.258 e. The van der Waals surface area contributed by atoms with Crippen LogP contribution in [0.1, 0.15) is 29.3 Å². The van der Waals surface area contributed by atoms with Gasteiger partial charge >= 0.3 is 0 Å². The molecule has 0 saturated heterocycles. The quantitative estimate of drug-likeness (QED) is 0.834. The van der Waals surface area contributed by atoms with E-state index in [4.69, 9.17) is 5.73 Å². The van der Waals surface area contributed by atoms with Gasteiger partial charge in [0.15, 0.2) is 0 Å². The van der Waals surface area contributed by atoms with Crippen molar-refractivity contribution in [1.82, 2.24) is 0 Å². The van der Waals surface area contributed by atoms with Gasteiger partial charge in [0.05, 0.1) is 11.4 Å². The lowest BCUT2D eigenvalue weighted by molar-refractivity contribution is 0.0987. The van der Waals surface area contributed by atoms with Crippen LogP contribution >= 0.6 is 15.9 Å². The average Bonchev–Trinajstić information content (AvgIpc) is 2.48. The molecule has 2 aromatic rings. The first kappa shape index (κ1) is 15.6. The van der Waals surface area contributed by atoms with Gasteiger partial charge in [-0.2, -0.15) is 0 Å². The monoisotopic (exact) mass is 346 g/mol. The van der Waals surface area contributed by atoms with E-state index >= 15 is 0 Å². The van der Waals surface area contributed by atoms with Gasteiger partial charge in [0.2, 0.25) is 0 Å². The fourth-order valence-corrected chi connectivity index (χ4v) is 2.47. The van der Waals surface area contributed by atoms with Crippen LogP contribution in [0.5, 0.6) is 0 Å². The number of nitrogen functional groups attached to an aromatic ring is 1. The van der Waals surface area contributed by atoms with E-state index in [1.54, 1.807) is 4.90 Å². The Kier molecular flexibility index (Phi) is 5.02. The number of nitrogens with zero attached hydrogens (tertiary/aromatic N) is 1. The fraction of sp³-hybridized carbons (Fsp3) is 0.235. The molecule has 0 atom stereocenters. The predicted molar refractivity (Wildman–Crippen MR) is 91.7 cm³/mol. The van der Waals surface area contributed by atoms with E-state index in [2.05, 4.69) is 15.9 Å². The van der Waals surface area contributed by atoms with Crippen molar-refractivity contribution in [2.45, 2.75) is 20.3 Å². The van der Waals surface area contributed by atoms with Crippen LogP contribution in [0.3, 0.4) is 0 Å². The Morgan fingerprint density at radius 2 is 1.95 bits per heavy atom. The number of amides is 1. The van der Waals surface area contributed by atoms with Crippen molar-refractivity contribution in [3.05, 3.63) is 58.1 Å². The van der Waals surface area contributed by atoms with Crippen molar-refractivity contribution >= 4 is 33.2 Å². The SMILES string of the molecule is CCCN(C(=O)c1ccc(Br)c(C)c1)c1ccccc1N. The molecule has 0 aliphatic heterocycles. The zero-order valence-corrected chi connectivity index (χ0v) is 13.9. The molecule has 1 amide bonds. The Labute approximate surface area is 133 Å². The zero-order chi connectivity index (χ0) is 15.4. The Balaban J connectivity index is 2.40. The Bertz CT molecular complexity index is 655. The van der Waals surface area contributed by atoms with Crippen LogP contribution in [-0.4, -0.2) is 12.5 Å². The number of para-hydroxylation sites is 2. The highest BCUT2D eigenvalue weighted by Gasteiger charge is 2.19. The molecule has 2 N–H and O–H groups in total. The van der Waals surface area contributed by atoms with E-state index in [0.717, 1.165) is 22.1 Å². The molecule has 2 rings (SSSR count). The van der Waals surface area contributed by atoms with E-state index in [1.807, 2.05) is 56.3 Å². The van der Waals surface area contributed by atoms with E-state index in [1.165, 1.54) is 0 Å². The Morgan fingerprint density at radius 1 is 1.24 bits per heavy atom. The summed E-state index contributed by atoms with van der Waals surface area (Å²) in [5, 5.41) is 0. The highest BCUT2D eigenvalue weighted by Crippen LogP contribution is 2.25. The van der Waals surface area contributed by atoms with Gasteiger partial charge < -0.3 is 10.6 Å². The molecule has 0 aliphatic rings. The van der Waals surface area contributed by atoms with Crippen molar-refractivity contribution in [3.8, 4) is 0 Å². The first-order valence-corrected chi connectivity index (χ1v) is 7.76. The van der Waals surface area contributed by atoms with Crippen LogP contribution in [0.2, 0.25) is 0 Å². The molecule has 0 saturated carbocycles. The second-order valence-corrected chi connectivity index (χ2v) is 5.83. The first-order valence-electron chi connectivity index (χ1n) is 6.97. The van der Waals surface area contributed by atoms with E-state index in [-0.39, 0.29) is 5.91 Å². The summed E-state index contributed by atoms with van der Waals surface area (Å²) in [4.78, 5) is 14.6. The maximum atomic E-state index is 12.8. The molecular weight excluding hydrogens is 328 g/mol. The minimum Gasteiger partial charge on any atom is -0.397 e. The van der Waals surface area contributed by atoms with Gasteiger partial charge in [0, 0.05) is 16.6 Å². The van der Waals surface area contributed by atoms with Gasteiger partial charge in [-0.1, -0.05) is 35.0 Å². The van der Waals surface area contributed by atoms with Crippen LogP contribution in [-0.2, 0) is 0 Å². The number of nitrogens with two attached hydrogens (primary N) is 1. The van der Waals surface area contributed by atoms with Gasteiger partial charge in [-0.05, 0) is 49.2 Å². The topological polar surface area (TPSA) is 46.3 Å². The number of halogens is 1. The Morgan fingerprint density at radius 3 is 2.57 bits per heavy atom. The van der Waals surface area contributed by atoms with Crippen LogP contribution < -0.4 is 10.6 Å². The first-order chi connectivity index (χ1) is 10.0. The number of hydrogen-bond acceptors (Lipinski definition) is 2. The second-order valence-electron chi connectivity index (χ2n) is 4.98. The third-order valence-electron chi connectivity index (χ3n) is 3.32. The summed E-state index contributed by atoms with van der Waals surface area (Å²) >= 11 is 3.46. The molecule has 0 heterocycles. The lowest BCUT2D eigenvalue weighted by atomic mass is 10.1. The van der Waals surface area contributed by atoms with Gasteiger partial charge in [0.25, 0.3) is 5.91 Å². The molecule has 21 heavy (non-hydrogen) atoms. The molecule has 110 valence electrons. The van der Waals surface area contributed by atoms with Crippen molar-refractivity contribution in [3.63, 3.8) is 0 Å². The lowest BCUT2D eigenvalue weighted by Crippen LogP contribution is -2.32. The lowest BCUT2D eigenvalue weighted by Gasteiger charge is -2.24. The van der Waals surface area contributed by atoms with Crippen LogP contribution in [0.25, 0.3) is 0 Å². The van der Waals surface area contributed by atoms with E-state index < -0.39 is 0 Å². The molecule has 0 bridgehead atoms. The number of rotatable bonds is 4. The maximum absolute atomic E-state index is 12.8. The van der Waals surface area contributed by atoms with Crippen molar-refractivity contribution in [1.29, 1.82) is 0 Å². The van der Waals surface area contributed by atoms with Crippen molar-refractivity contribution in [2.75, 3.05) is 17.2 Å². The summed E-state index contributed by atoms with van der Waals surface area (Å²) in [5.74, 6) is -0.0228. The Hall–Kier alpha value is -1.81. The number of carbonyl (C=O) groups is 1. The van der Waals surface area contributed by atoms with Crippen LogP contribution in [0.15, 0.2) is 46.9 Å². The van der Waals surface area contributed by atoms with Gasteiger partial charge in [-0.3, -0.25) is 4.79 Å². The molecule has 0 spiro atoms. The molecule has 0 aliphatic carbocycles. The largest absolute Gasteiger partial charge is 0.397 e. The fourth-order valence-electron chi connectivity index (χ4n) is 2.22. The third kappa shape index (κ3) is 3.45. The molecule has 4 heteroatoms. The van der Waals surface area contributed by atoms with Crippen LogP contribution in [0.4, 0.5) is 11.4 Å². The van der Waals surface area contributed by atoms with Gasteiger partial charge in [-0.25, -0.2) is 0 Å². The molecule has 0 radical (unpaired) electrons. The molecule has 3 nitrogen and oxygen atoms in total. The summed E-state index contributed by atoms with van der Waals surface area (Å²) < 4.78 is 1.00. The highest BCUT2D eigenvalue weighted by molar-refractivity contribution is 9.10. The number of carbonyl (C=O) groups excluding carboxylic acids is 1. The molecule has 0 aromatic heterocycles. The highest BCUT2D eigenvalue weighted by atomic mass is 79.9. The van der Waals surface area contributed by atoms with Crippen molar-refractivity contribution in [2.24, 2.45) is 0 Å². The molecule has 0 fully saturated rings. The average molecular weight is 347 g/mol. The zero-order valence-electron chi connectivity index (χ0n) is 12.3. The maximum Gasteiger partial charge on any atom is 0.258 e. The summed E-state index contributed by atoms with van der Waals surface area (Å²) in [5.41, 5.74) is 9.12. The predicted octanol–water partition coefficient (Wildman–Crippen LogP) is 4.40. The minimum atomic E-state index is -0.0228. The normalized spacial score (nSPS) is 10.4. The van der Waals surface area contributed by atoms with E-state index in [9.17, 15) is 4.79 Å². The minimum absolute atomic E-state index is 0.0228. The molecule has 2 aromatic carbocycles. The number of benzene rings is 2. The number of aryl methyl sites for hydroxylation is 1. The van der Waals surface area contributed by atoms with E-state index in [0.29, 0.717) is 17.8 Å². The van der Waals surface area contributed by atoms with Crippen molar-refractivity contribution < 1.29 is 4.79 Å². The standard InChI is InChI=1S/C17H19BrN2O/c1-3-10-20(16-7-5-4-6-15(16)19)17(21)13-8-9-14(18)12(2)11-13/h4-9,11H,3,10,19H2,1-2H3. The van der Waals surface area contributed by atoms with Gasteiger partial charge in [-0.15, -0.1) is 0 Å². The number of hydrogen-bond donors (Lipinski definition) is 1.